The first kappa shape index (κ1) is 39.0. The number of benzene rings is 2. The minimum atomic E-state index is -3.91. The lowest BCUT2D eigenvalue weighted by Gasteiger charge is -2.35. The molecule has 1 saturated heterocycles. The van der Waals surface area contributed by atoms with Crippen LogP contribution in [0, 0.1) is 17.3 Å². The number of halogens is 1. The van der Waals surface area contributed by atoms with Crippen LogP contribution in [-0.4, -0.2) is 78.0 Å². The molecule has 2 aliphatic carbocycles. The Morgan fingerprint density at radius 1 is 1.11 bits per heavy atom. The summed E-state index contributed by atoms with van der Waals surface area (Å²) in [5.74, 6) is -3.03. The van der Waals surface area contributed by atoms with Gasteiger partial charge in [-0.05, 0) is 55.9 Å². The van der Waals surface area contributed by atoms with Crippen LogP contribution >= 0.6 is 11.6 Å². The van der Waals surface area contributed by atoms with Gasteiger partial charge in [-0.1, -0.05) is 62.7 Å². The molecule has 3 aromatic rings. The van der Waals surface area contributed by atoms with E-state index in [0.717, 1.165) is 0 Å². The SMILES string of the molecule is C=C[C@@H]1C[C@]1(NC(=O)[C@H]1C[C@@H](Oc2cc(OCC)nc3c(Cl)cccc23)CN1C(=O)[C@@H](CC(=O)Nc1ccccc1)C(C)(C)C)C(=O)NS(=O)(=O)C1CC1. The normalized spacial score (nSPS) is 22.9. The summed E-state index contributed by atoms with van der Waals surface area (Å²) < 4.78 is 39.9. The van der Waals surface area contributed by atoms with E-state index in [1.54, 1.807) is 48.5 Å². The first-order valence-corrected chi connectivity index (χ1v) is 20.0. The smallest absolute Gasteiger partial charge is 0.259 e. The van der Waals surface area contributed by atoms with Crippen LogP contribution in [0.25, 0.3) is 10.9 Å². The Kier molecular flexibility index (Phi) is 11.0. The highest BCUT2D eigenvalue weighted by Crippen LogP contribution is 2.46. The summed E-state index contributed by atoms with van der Waals surface area (Å²) in [7, 11) is -3.91. The number of aromatic nitrogens is 1. The second-order valence-corrected chi connectivity index (χ2v) is 17.6. The number of likely N-dealkylation sites (tertiary alicyclic amines) is 1. The third-order valence-electron chi connectivity index (χ3n) is 10.2. The molecule has 54 heavy (non-hydrogen) atoms. The maximum Gasteiger partial charge on any atom is 0.259 e. The van der Waals surface area contributed by atoms with E-state index in [4.69, 9.17) is 21.1 Å². The molecule has 13 nitrogen and oxygen atoms in total. The number of para-hydroxylation sites is 2. The van der Waals surface area contributed by atoms with Crippen molar-refractivity contribution in [2.45, 2.75) is 82.7 Å². The van der Waals surface area contributed by atoms with Gasteiger partial charge in [-0.3, -0.25) is 23.9 Å². The highest BCUT2D eigenvalue weighted by atomic mass is 35.5. The van der Waals surface area contributed by atoms with E-state index in [1.165, 1.54) is 11.0 Å². The van der Waals surface area contributed by atoms with Crippen molar-refractivity contribution in [1.82, 2.24) is 19.9 Å². The van der Waals surface area contributed by atoms with Crippen molar-refractivity contribution in [3.05, 3.63) is 72.3 Å². The van der Waals surface area contributed by atoms with Crippen molar-refractivity contribution >= 4 is 61.8 Å². The molecule has 0 spiro atoms. The van der Waals surface area contributed by atoms with Crippen LogP contribution in [0.2, 0.25) is 5.02 Å². The van der Waals surface area contributed by atoms with E-state index < -0.39 is 67.9 Å². The molecule has 1 aromatic heterocycles. The monoisotopic (exact) mass is 779 g/mol. The second kappa shape index (κ2) is 15.2. The number of sulfonamides is 1. The van der Waals surface area contributed by atoms with Gasteiger partial charge in [0, 0.05) is 35.9 Å². The third-order valence-corrected chi connectivity index (χ3v) is 12.3. The third kappa shape index (κ3) is 8.34. The Morgan fingerprint density at radius 3 is 2.46 bits per heavy atom. The van der Waals surface area contributed by atoms with Gasteiger partial charge in [0.2, 0.25) is 33.6 Å². The minimum absolute atomic E-state index is 0.0236. The fourth-order valence-electron chi connectivity index (χ4n) is 6.94. The van der Waals surface area contributed by atoms with Gasteiger partial charge in [0.15, 0.2) is 0 Å². The number of carbonyl (C=O) groups is 4. The molecule has 2 heterocycles. The molecule has 2 saturated carbocycles. The van der Waals surface area contributed by atoms with Crippen molar-refractivity contribution < 1.29 is 37.1 Å². The summed E-state index contributed by atoms with van der Waals surface area (Å²) >= 11 is 6.51. The van der Waals surface area contributed by atoms with Crippen LogP contribution in [0.4, 0.5) is 5.69 Å². The average Bonchev–Trinajstić information content (AvgIpc) is 4.04. The molecule has 4 amide bonds. The number of nitrogens with zero attached hydrogens (tertiary/aromatic N) is 2. The Bertz CT molecular complexity index is 2070. The first-order valence-electron chi connectivity index (χ1n) is 18.1. The van der Waals surface area contributed by atoms with Gasteiger partial charge in [0.25, 0.3) is 5.91 Å². The first-order chi connectivity index (χ1) is 25.6. The molecule has 0 radical (unpaired) electrons. The molecule has 3 N–H and O–H groups in total. The van der Waals surface area contributed by atoms with Crippen molar-refractivity contribution in [3.63, 3.8) is 0 Å². The summed E-state index contributed by atoms with van der Waals surface area (Å²) in [5, 5.41) is 6.00. The molecule has 15 heteroatoms. The number of rotatable bonds is 14. The van der Waals surface area contributed by atoms with E-state index in [-0.39, 0.29) is 37.6 Å². The van der Waals surface area contributed by atoms with Crippen molar-refractivity contribution in [1.29, 1.82) is 0 Å². The number of carbonyl (C=O) groups excluding carboxylic acids is 4. The Balaban J connectivity index is 1.31. The van der Waals surface area contributed by atoms with Gasteiger partial charge >= 0.3 is 0 Å². The maximum atomic E-state index is 14.7. The molecule has 0 unspecified atom stereocenters. The van der Waals surface area contributed by atoms with Crippen molar-refractivity contribution in [2.24, 2.45) is 17.3 Å². The molecule has 3 fully saturated rings. The van der Waals surface area contributed by atoms with E-state index >= 15 is 0 Å². The molecule has 2 aromatic carbocycles. The standard InChI is InChI=1S/C39H46ClN5O8S/c1-6-23-21-39(23,37(49)44-54(50,51)26-16-17-26)43-35(47)30-18-25(53-31-20-33(52-7-2)42-34-27(31)14-11-15-29(34)40)22-45(30)36(48)28(38(3,4)5)19-32(46)41-24-12-9-8-10-13-24/h6,8-15,20,23,25-26,28,30H,1,7,16-19,21-22H2,2-5H3,(H,41,46)(H,43,47)(H,44,49)/t23-,25-,28-,30-,39-/m1/s1. The molecule has 288 valence electrons. The number of anilines is 1. The molecule has 6 rings (SSSR count). The van der Waals surface area contributed by atoms with Crippen LogP contribution < -0.4 is 24.8 Å². The highest BCUT2D eigenvalue weighted by molar-refractivity contribution is 7.91. The summed E-state index contributed by atoms with van der Waals surface area (Å²) in [4.78, 5) is 61.9. The van der Waals surface area contributed by atoms with Crippen LogP contribution in [0.1, 0.15) is 59.8 Å². The summed E-state index contributed by atoms with van der Waals surface area (Å²) in [5.41, 5.74) is -1.23. The Hall–Kier alpha value is -4.69. The summed E-state index contributed by atoms with van der Waals surface area (Å²) in [6.07, 6.45) is 1.69. The van der Waals surface area contributed by atoms with Gasteiger partial charge in [-0.25, -0.2) is 13.4 Å². The van der Waals surface area contributed by atoms with E-state index in [0.29, 0.717) is 46.8 Å². The van der Waals surface area contributed by atoms with E-state index in [9.17, 15) is 27.6 Å². The lowest BCUT2D eigenvalue weighted by molar-refractivity contribution is -0.146. The van der Waals surface area contributed by atoms with Gasteiger partial charge < -0.3 is 25.0 Å². The summed E-state index contributed by atoms with van der Waals surface area (Å²) in [6, 6.07) is 14.6. The predicted molar refractivity (Wildman–Crippen MR) is 204 cm³/mol. The highest BCUT2D eigenvalue weighted by Gasteiger charge is 2.62. The zero-order chi connectivity index (χ0) is 39.0. The maximum absolute atomic E-state index is 14.7. The van der Waals surface area contributed by atoms with Gasteiger partial charge in [0.1, 0.15) is 23.4 Å². The fraction of sp³-hybridized carbons (Fsp3) is 0.462. The molecule has 5 atom stereocenters. The quantitative estimate of drug-likeness (QED) is 0.191. The summed E-state index contributed by atoms with van der Waals surface area (Å²) in [6.45, 7) is 11.5. The van der Waals surface area contributed by atoms with Crippen LogP contribution in [0.5, 0.6) is 11.6 Å². The van der Waals surface area contributed by atoms with Crippen LogP contribution in [-0.2, 0) is 29.2 Å². The number of fused-ring (bicyclic) bond motifs is 1. The molecule has 0 bridgehead atoms. The second-order valence-electron chi connectivity index (χ2n) is 15.2. The molecular formula is C39H46ClN5O8S. The fourth-order valence-corrected chi connectivity index (χ4v) is 8.52. The van der Waals surface area contributed by atoms with E-state index in [1.807, 2.05) is 33.8 Å². The zero-order valence-electron chi connectivity index (χ0n) is 30.8. The minimum Gasteiger partial charge on any atom is -0.488 e. The number of pyridine rings is 1. The number of amides is 4. The lowest BCUT2D eigenvalue weighted by atomic mass is 9.77. The Labute approximate surface area is 320 Å². The predicted octanol–water partition coefficient (Wildman–Crippen LogP) is 5.00. The number of hydrogen-bond acceptors (Lipinski definition) is 9. The molecule has 3 aliphatic rings. The zero-order valence-corrected chi connectivity index (χ0v) is 32.3. The van der Waals surface area contributed by atoms with Crippen molar-refractivity contribution in [2.75, 3.05) is 18.5 Å². The number of hydrogen-bond donors (Lipinski definition) is 3. The van der Waals surface area contributed by atoms with Crippen molar-refractivity contribution in [3.8, 4) is 11.6 Å². The average molecular weight is 780 g/mol. The topological polar surface area (TPSA) is 173 Å². The molecule has 1 aliphatic heterocycles. The van der Waals surface area contributed by atoms with Crippen LogP contribution in [0.3, 0.4) is 0 Å². The largest absolute Gasteiger partial charge is 0.488 e. The van der Waals surface area contributed by atoms with Gasteiger partial charge in [-0.15, -0.1) is 6.58 Å². The van der Waals surface area contributed by atoms with Gasteiger partial charge in [0.05, 0.1) is 34.9 Å². The Morgan fingerprint density at radius 2 is 1.83 bits per heavy atom. The van der Waals surface area contributed by atoms with Gasteiger partial charge in [-0.2, -0.15) is 0 Å². The molecular weight excluding hydrogens is 734 g/mol. The van der Waals surface area contributed by atoms with Crippen LogP contribution in [0.15, 0.2) is 67.3 Å². The van der Waals surface area contributed by atoms with E-state index in [2.05, 4.69) is 26.9 Å². The lowest BCUT2D eigenvalue weighted by Crippen LogP contribution is -2.57. The number of ether oxygens (including phenoxy) is 2. The number of nitrogens with one attached hydrogen (secondary N) is 3.